The average molecular weight is 1130 g/mol. The zero-order valence-electron chi connectivity index (χ0n) is 44.2. The van der Waals surface area contributed by atoms with Crippen LogP contribution in [0.25, 0.3) is 20.8 Å². The first-order chi connectivity index (χ1) is 38.7. The number of carbonyl (C=O) groups is 7. The molecule has 2 fully saturated rings. The summed E-state index contributed by atoms with van der Waals surface area (Å²) in [4.78, 5) is 104. The number of esters is 6. The molecule has 1 unspecified atom stereocenters. The highest BCUT2D eigenvalue weighted by Gasteiger charge is 2.35. The molecule has 0 saturated heterocycles. The number of carbonyl (C=O) groups excluding carboxylic acids is 7. The lowest BCUT2D eigenvalue weighted by atomic mass is 9.82. The number of hydrogen-bond donors (Lipinski definition) is 1. The number of nitro groups is 1. The number of thiazole rings is 1. The van der Waals surface area contributed by atoms with E-state index in [1.807, 2.05) is 0 Å². The number of rotatable bonds is 26. The van der Waals surface area contributed by atoms with Gasteiger partial charge in [0, 0.05) is 30.5 Å². The van der Waals surface area contributed by atoms with E-state index in [4.69, 9.17) is 52.4 Å². The van der Waals surface area contributed by atoms with Crippen molar-refractivity contribution >= 4 is 69.2 Å². The Balaban J connectivity index is 0.884. The third-order valence-electron chi connectivity index (χ3n) is 13.2. The first-order valence-electron chi connectivity index (χ1n) is 26.5. The molecule has 1 N–H and O–H groups in total. The number of hydrogen-bond acceptors (Lipinski definition) is 22. The quantitative estimate of drug-likeness (QED) is 0.00787. The number of aliphatic hydroxyl groups is 1. The van der Waals surface area contributed by atoms with E-state index >= 15 is 0 Å². The molecule has 2 aliphatic rings. The molecule has 0 amide bonds. The molecule has 80 heavy (non-hydrogen) atoms. The van der Waals surface area contributed by atoms with Crippen molar-refractivity contribution in [2.24, 2.45) is 23.7 Å². The summed E-state index contributed by atoms with van der Waals surface area (Å²) < 4.78 is 54.4. The summed E-state index contributed by atoms with van der Waals surface area (Å²) in [5, 5.41) is 21.9. The average Bonchev–Trinajstić information content (AvgIpc) is 4.01. The van der Waals surface area contributed by atoms with Gasteiger partial charge in [0.1, 0.15) is 38.2 Å². The number of aliphatic hydroxyl groups excluding tert-OH is 1. The maximum absolute atomic E-state index is 13.7. The van der Waals surface area contributed by atoms with Crippen LogP contribution in [-0.4, -0.2) is 89.9 Å². The molecule has 23 heteroatoms. The first-order valence-corrected chi connectivity index (χ1v) is 27.3. The summed E-state index contributed by atoms with van der Waals surface area (Å²) in [6.07, 6.45) is 4.55. The van der Waals surface area contributed by atoms with Crippen LogP contribution in [0.2, 0.25) is 0 Å². The van der Waals surface area contributed by atoms with Gasteiger partial charge in [0.2, 0.25) is 0 Å². The lowest BCUT2D eigenvalue weighted by Gasteiger charge is -2.26. The molecule has 0 bridgehead atoms. The van der Waals surface area contributed by atoms with E-state index in [0.717, 1.165) is 11.3 Å². The number of benzene rings is 4. The van der Waals surface area contributed by atoms with Crippen molar-refractivity contribution in [3.8, 4) is 45.1 Å². The van der Waals surface area contributed by atoms with Gasteiger partial charge >= 0.3 is 48.4 Å². The molecule has 2 aliphatic carbocycles. The van der Waals surface area contributed by atoms with Crippen LogP contribution in [0.15, 0.2) is 84.9 Å². The normalized spacial score (nSPS) is 17.2. The monoisotopic (exact) mass is 1130 g/mol. The molecule has 22 nitrogen and oxygen atoms in total. The van der Waals surface area contributed by atoms with Crippen LogP contribution in [0.4, 0.5) is 10.5 Å². The highest BCUT2D eigenvalue weighted by molar-refractivity contribution is 7.22. The molecule has 1 aromatic heterocycles. The van der Waals surface area contributed by atoms with Crippen LogP contribution in [0, 0.1) is 33.8 Å². The molecule has 7 rings (SSSR count). The number of aromatic nitrogens is 1. The van der Waals surface area contributed by atoms with Gasteiger partial charge in [-0.25, -0.2) is 9.78 Å². The Labute approximate surface area is 464 Å². The van der Waals surface area contributed by atoms with E-state index in [0.29, 0.717) is 98.7 Å². The van der Waals surface area contributed by atoms with Gasteiger partial charge in [0.25, 0.3) is 5.69 Å². The Kier molecular flexibility index (Phi) is 22.2. The van der Waals surface area contributed by atoms with Crippen LogP contribution in [-0.2, 0) is 47.7 Å². The largest absolute Gasteiger partial charge is 0.513 e. The molecule has 0 aliphatic heterocycles. The molecular formula is C57H62N2O20S. The highest BCUT2D eigenvalue weighted by Crippen LogP contribution is 2.43. The predicted octanol–water partition coefficient (Wildman–Crippen LogP) is 10.2. The van der Waals surface area contributed by atoms with Gasteiger partial charge < -0.3 is 52.5 Å². The first kappa shape index (κ1) is 59.6. The third kappa shape index (κ3) is 17.7. The van der Waals surface area contributed by atoms with Crippen molar-refractivity contribution in [2.75, 3.05) is 26.4 Å². The molecule has 426 valence electrons. The number of fused-ring (bicyclic) bond motifs is 1. The van der Waals surface area contributed by atoms with Crippen LogP contribution in [0.3, 0.4) is 0 Å². The lowest BCUT2D eigenvalue weighted by molar-refractivity contribution is -0.384. The minimum atomic E-state index is -1.54. The molecule has 1 heterocycles. The molecule has 5 aromatic rings. The topological polar surface area (TPSA) is 288 Å². The second-order valence-corrected chi connectivity index (χ2v) is 19.8. The van der Waals surface area contributed by atoms with E-state index < -0.39 is 65.1 Å². The Morgan fingerprint density at radius 1 is 0.550 bits per heavy atom. The molecule has 2 saturated carbocycles. The number of ether oxygens (including phenoxy) is 10. The van der Waals surface area contributed by atoms with Crippen molar-refractivity contribution in [3.05, 3.63) is 95.0 Å². The second kappa shape index (κ2) is 29.8. The van der Waals surface area contributed by atoms with Crippen molar-refractivity contribution < 1.29 is 91.0 Å². The molecule has 4 aromatic carbocycles. The fourth-order valence-electron chi connectivity index (χ4n) is 8.65. The SMILES string of the molecule is CCC(=O)OCCCCOC(=O)Oc1ccc(OC(=O)C2CCC(C(=O)Oc3ccc(OC(=O)C4CCC(C(=O)Oc5ccc(OC(O)OCCCCOC(=O)CC)cc5)CC4)c4sc(-c5ccc([N+](=O)[O-])cc5)nc34)CC2)cc1. The van der Waals surface area contributed by atoms with Crippen LogP contribution in [0.1, 0.15) is 104 Å². The van der Waals surface area contributed by atoms with Gasteiger partial charge in [0.05, 0.1) is 55.0 Å². The fraction of sp³-hybridized carbons (Fsp3) is 0.439. The number of nitrogens with zero attached hydrogens (tertiary/aromatic N) is 2. The third-order valence-corrected chi connectivity index (χ3v) is 14.3. The van der Waals surface area contributed by atoms with Crippen LogP contribution >= 0.6 is 11.3 Å². The Bertz CT molecular complexity index is 2930. The van der Waals surface area contributed by atoms with E-state index in [9.17, 15) is 48.8 Å². The van der Waals surface area contributed by atoms with Gasteiger partial charge in [-0.15, -0.1) is 11.3 Å². The fourth-order valence-corrected chi connectivity index (χ4v) is 9.68. The maximum atomic E-state index is 13.7. The van der Waals surface area contributed by atoms with E-state index in [1.54, 1.807) is 26.0 Å². The molecule has 0 spiro atoms. The maximum Gasteiger partial charge on any atom is 0.513 e. The molecule has 0 radical (unpaired) electrons. The van der Waals surface area contributed by atoms with Gasteiger partial charge in [-0.2, -0.15) is 0 Å². The Morgan fingerprint density at radius 3 is 1.44 bits per heavy atom. The number of non-ortho nitro benzene ring substituents is 1. The van der Waals surface area contributed by atoms with Gasteiger partial charge in [-0.1, -0.05) is 13.8 Å². The van der Waals surface area contributed by atoms with Crippen LogP contribution in [0.5, 0.6) is 34.5 Å². The minimum Gasteiger partial charge on any atom is -0.466 e. The smallest absolute Gasteiger partial charge is 0.466 e. The standard InChI is InChI=1S/C57H62N2O20S/c1-3-47(60)70-31-5-7-33-72-56(66)76-43-25-21-41(22-26-43)74-52(62)36-9-13-38(14-10-36)54(64)78-45-29-30-46(50-49(45)58-51(80-50)35-17-19-40(20-18-35)59(68)69)79-55(65)39-15-11-37(12-16-39)53(63)75-42-23-27-44(28-24-42)77-57(67)73-34-8-6-32-71-48(61)4-2/h17-30,36-39,57,67H,3-16,31-34H2,1-2H3. The van der Waals surface area contributed by atoms with E-state index in [1.165, 1.54) is 72.8 Å². The van der Waals surface area contributed by atoms with Crippen molar-refractivity contribution in [1.82, 2.24) is 4.98 Å². The summed E-state index contributed by atoms with van der Waals surface area (Å²) in [6.45, 7) is 2.63. The Hall–Kier alpha value is -8.02. The summed E-state index contributed by atoms with van der Waals surface area (Å²) in [5.74, 6) is -3.46. The predicted molar refractivity (Wildman–Crippen MR) is 284 cm³/mol. The summed E-state index contributed by atoms with van der Waals surface area (Å²) in [7, 11) is 0. The van der Waals surface area contributed by atoms with Gasteiger partial charge in [-0.3, -0.25) is 38.9 Å². The summed E-state index contributed by atoms with van der Waals surface area (Å²) in [6, 6.07) is 20.7. The number of nitro benzene ring substituents is 1. The minimum absolute atomic E-state index is 0.0802. The zero-order valence-corrected chi connectivity index (χ0v) is 45.0. The number of unbranched alkanes of at least 4 members (excludes halogenated alkanes) is 2. The van der Waals surface area contributed by atoms with Gasteiger partial charge in [-0.05, 0) is 150 Å². The van der Waals surface area contributed by atoms with Crippen molar-refractivity contribution in [2.45, 2.75) is 110 Å². The Morgan fingerprint density at radius 2 is 0.963 bits per heavy atom. The van der Waals surface area contributed by atoms with Crippen LogP contribution < -0.4 is 28.4 Å². The summed E-state index contributed by atoms with van der Waals surface area (Å²) >= 11 is 1.15. The lowest BCUT2D eigenvalue weighted by Crippen LogP contribution is -2.30. The van der Waals surface area contributed by atoms with Gasteiger partial charge in [0.15, 0.2) is 11.5 Å². The van der Waals surface area contributed by atoms with E-state index in [-0.39, 0.29) is 90.5 Å². The van der Waals surface area contributed by atoms with Crippen molar-refractivity contribution in [1.29, 1.82) is 0 Å². The van der Waals surface area contributed by atoms with Crippen molar-refractivity contribution in [3.63, 3.8) is 0 Å². The zero-order chi connectivity index (χ0) is 57.0. The van der Waals surface area contributed by atoms with E-state index in [2.05, 4.69) is 0 Å². The second-order valence-electron chi connectivity index (χ2n) is 18.8. The highest BCUT2D eigenvalue weighted by atomic mass is 32.1. The molecule has 1 atom stereocenters. The molecular weight excluding hydrogens is 1060 g/mol. The summed E-state index contributed by atoms with van der Waals surface area (Å²) in [5.41, 5.74) is 0.644.